The maximum atomic E-state index is 14.3. The molecule has 0 spiro atoms. The summed E-state index contributed by atoms with van der Waals surface area (Å²) in [5.74, 6) is -0.279. The zero-order valence-corrected chi connectivity index (χ0v) is 29.2. The van der Waals surface area contributed by atoms with Crippen molar-refractivity contribution in [2.45, 2.75) is 91.0 Å². The van der Waals surface area contributed by atoms with Gasteiger partial charge < -0.3 is 19.2 Å². The quantitative estimate of drug-likeness (QED) is 0.186. The van der Waals surface area contributed by atoms with Gasteiger partial charge in [0.25, 0.3) is 0 Å². The fourth-order valence-corrected chi connectivity index (χ4v) is 8.02. The first-order valence-corrected chi connectivity index (χ1v) is 17.2. The highest BCUT2D eigenvalue weighted by Crippen LogP contribution is 2.46. The summed E-state index contributed by atoms with van der Waals surface area (Å²) in [6.45, 7) is 12.7. The van der Waals surface area contributed by atoms with Crippen LogP contribution in [0.25, 0.3) is 10.9 Å². The molecule has 0 radical (unpaired) electrons. The number of nitrogens with one attached hydrogen (secondary N) is 1. The lowest BCUT2D eigenvalue weighted by Crippen LogP contribution is -2.43. The van der Waals surface area contributed by atoms with Crippen LogP contribution in [0.1, 0.15) is 109 Å². The van der Waals surface area contributed by atoms with E-state index < -0.39 is 5.60 Å². The molecule has 1 aliphatic carbocycles. The van der Waals surface area contributed by atoms with Gasteiger partial charge in [-0.05, 0) is 90.1 Å². The normalized spacial score (nSPS) is 21.1. The van der Waals surface area contributed by atoms with Gasteiger partial charge in [0.2, 0.25) is 5.91 Å². The van der Waals surface area contributed by atoms with Crippen LogP contribution in [0, 0.1) is 19.8 Å². The monoisotopic (exact) mass is 666 g/mol. The largest absolute Gasteiger partial charge is 0.456 e. The van der Waals surface area contributed by atoms with Crippen LogP contribution in [0.5, 0.6) is 0 Å². The number of hydrogen-bond acceptors (Lipinski definition) is 5. The third-order valence-electron chi connectivity index (χ3n) is 10.2. The highest BCUT2D eigenvalue weighted by molar-refractivity contribution is 6.31. The van der Waals surface area contributed by atoms with Crippen LogP contribution >= 0.6 is 11.6 Å². The number of aryl methyl sites for hydroxylation is 1. The number of amides is 1. The van der Waals surface area contributed by atoms with Crippen molar-refractivity contribution in [3.63, 3.8) is 0 Å². The van der Waals surface area contributed by atoms with Crippen LogP contribution < -0.4 is 0 Å². The number of aromatic nitrogens is 5. The predicted molar refractivity (Wildman–Crippen MR) is 186 cm³/mol. The molecule has 4 unspecified atom stereocenters. The second-order valence-corrected chi connectivity index (χ2v) is 14.9. The topological polar surface area (TPSA) is 98.0 Å². The van der Waals surface area contributed by atoms with Gasteiger partial charge in [0.15, 0.2) is 0 Å². The van der Waals surface area contributed by atoms with Crippen molar-refractivity contribution in [1.82, 2.24) is 29.4 Å². The molecule has 1 saturated carbocycles. The van der Waals surface area contributed by atoms with Crippen molar-refractivity contribution in [3.8, 4) is 0 Å². The Morgan fingerprint density at radius 1 is 1.06 bits per heavy atom. The van der Waals surface area contributed by atoms with Crippen molar-refractivity contribution in [1.29, 1.82) is 0 Å². The number of aromatic amines is 1. The molecule has 2 aromatic carbocycles. The second-order valence-electron chi connectivity index (χ2n) is 14.5. The maximum Gasteiger partial charge on any atom is 0.340 e. The molecule has 2 aliphatic rings. The predicted octanol–water partition coefficient (Wildman–Crippen LogP) is 7.91. The molecule has 1 amide bonds. The minimum absolute atomic E-state index is 0.0310. The van der Waals surface area contributed by atoms with Crippen molar-refractivity contribution in [3.05, 3.63) is 105 Å². The van der Waals surface area contributed by atoms with Crippen LogP contribution in [0.2, 0.25) is 5.02 Å². The van der Waals surface area contributed by atoms with E-state index in [-0.39, 0.29) is 35.8 Å². The van der Waals surface area contributed by atoms with Crippen molar-refractivity contribution < 1.29 is 14.3 Å². The van der Waals surface area contributed by atoms with Gasteiger partial charge in [0.05, 0.1) is 30.4 Å². The fourth-order valence-electron chi connectivity index (χ4n) is 7.75. The Kier molecular flexibility index (Phi) is 8.22. The Morgan fingerprint density at radius 3 is 2.58 bits per heavy atom. The highest BCUT2D eigenvalue weighted by Gasteiger charge is 2.41. The average Bonchev–Trinajstić information content (AvgIpc) is 3.84. The van der Waals surface area contributed by atoms with Gasteiger partial charge in [-0.25, -0.2) is 9.48 Å². The molecule has 1 fully saturated rings. The molecule has 9 nitrogen and oxygen atoms in total. The molecule has 250 valence electrons. The zero-order valence-electron chi connectivity index (χ0n) is 28.5. The number of rotatable bonds is 6. The summed E-state index contributed by atoms with van der Waals surface area (Å²) < 4.78 is 9.61. The van der Waals surface area contributed by atoms with Crippen molar-refractivity contribution >= 4 is 34.4 Å². The number of hydrogen-bond donors (Lipinski definition) is 1. The summed E-state index contributed by atoms with van der Waals surface area (Å²) >= 11 is 6.78. The average molecular weight is 667 g/mol. The molecular weight excluding hydrogens is 624 g/mol. The molecule has 3 aromatic heterocycles. The number of halogens is 1. The zero-order chi connectivity index (χ0) is 33.9. The van der Waals surface area contributed by atoms with Crippen molar-refractivity contribution in [2.24, 2.45) is 5.92 Å². The number of fused-ring (bicyclic) bond motifs is 3. The maximum absolute atomic E-state index is 14.3. The van der Waals surface area contributed by atoms with E-state index in [2.05, 4.69) is 56.0 Å². The van der Waals surface area contributed by atoms with Gasteiger partial charge in [-0.1, -0.05) is 53.2 Å². The summed E-state index contributed by atoms with van der Waals surface area (Å²) in [6.07, 6.45) is 4.35. The van der Waals surface area contributed by atoms with E-state index in [0.29, 0.717) is 25.1 Å². The Morgan fingerprint density at radius 2 is 1.81 bits per heavy atom. The second kappa shape index (κ2) is 12.3. The lowest BCUT2D eigenvalue weighted by Gasteiger charge is -2.40. The Hall–Kier alpha value is -4.37. The summed E-state index contributed by atoms with van der Waals surface area (Å²) in [5, 5.41) is 10.9. The first kappa shape index (κ1) is 32.2. The van der Waals surface area contributed by atoms with Gasteiger partial charge in [0.1, 0.15) is 11.3 Å². The lowest BCUT2D eigenvalue weighted by atomic mass is 9.83. The van der Waals surface area contributed by atoms with E-state index >= 15 is 0 Å². The molecule has 1 aliphatic heterocycles. The third-order valence-corrected chi connectivity index (χ3v) is 10.5. The van der Waals surface area contributed by atoms with Crippen LogP contribution in [0.15, 0.2) is 60.8 Å². The number of carbonyl (C=O) groups excluding carboxylic acids is 2. The molecule has 48 heavy (non-hydrogen) atoms. The third kappa shape index (κ3) is 5.82. The first-order chi connectivity index (χ1) is 22.9. The van der Waals surface area contributed by atoms with E-state index in [1.807, 2.05) is 75.8 Å². The van der Waals surface area contributed by atoms with Gasteiger partial charge >= 0.3 is 5.97 Å². The van der Waals surface area contributed by atoms with E-state index in [1.165, 1.54) is 10.9 Å². The smallest absolute Gasteiger partial charge is 0.340 e. The molecule has 0 bridgehead atoms. The highest BCUT2D eigenvalue weighted by atomic mass is 35.5. The Labute approximate surface area is 286 Å². The molecule has 7 rings (SSSR count). The van der Waals surface area contributed by atoms with Crippen LogP contribution in [-0.4, -0.2) is 53.5 Å². The molecule has 4 atom stereocenters. The fraction of sp³-hybridized carbons (Fsp3) is 0.421. The SMILES string of the molecule is Cc1cc(C(=O)OC(C)(C)C)c(C)n1Cc1cn(C2CCC(C(=O)N3CC(c4ccccc4Cl)c4c([nH]c5ccccc45)C3C)C2)nn1. The van der Waals surface area contributed by atoms with Gasteiger partial charge in [-0.2, -0.15) is 0 Å². The number of H-pyrrole nitrogens is 1. The van der Waals surface area contributed by atoms with Gasteiger partial charge in [-0.3, -0.25) is 4.79 Å². The molecule has 10 heteroatoms. The molecular formula is C38H43ClN6O3. The van der Waals surface area contributed by atoms with Crippen molar-refractivity contribution in [2.75, 3.05) is 6.54 Å². The number of esters is 1. The summed E-state index contributed by atoms with van der Waals surface area (Å²) in [5.41, 5.74) is 7.05. The summed E-state index contributed by atoms with van der Waals surface area (Å²) in [4.78, 5) is 32.8. The van der Waals surface area contributed by atoms with E-state index in [1.54, 1.807) is 0 Å². The summed E-state index contributed by atoms with van der Waals surface area (Å²) in [7, 11) is 0. The molecule has 5 aromatic rings. The minimum atomic E-state index is -0.564. The number of benzene rings is 2. The molecule has 0 saturated heterocycles. The summed E-state index contributed by atoms with van der Waals surface area (Å²) in [6, 6.07) is 18.2. The van der Waals surface area contributed by atoms with Crippen LogP contribution in [0.3, 0.4) is 0 Å². The van der Waals surface area contributed by atoms with E-state index in [4.69, 9.17) is 16.3 Å². The Bertz CT molecular complexity index is 2020. The first-order valence-electron chi connectivity index (χ1n) is 16.9. The molecule has 1 N–H and O–H groups in total. The number of ether oxygens (including phenoxy) is 1. The van der Waals surface area contributed by atoms with Crippen LogP contribution in [-0.2, 0) is 16.1 Å². The number of nitrogens with zero attached hydrogens (tertiary/aromatic N) is 5. The van der Waals surface area contributed by atoms with E-state index in [0.717, 1.165) is 51.7 Å². The lowest BCUT2D eigenvalue weighted by molar-refractivity contribution is -0.138. The van der Waals surface area contributed by atoms with Gasteiger partial charge in [-0.15, -0.1) is 5.10 Å². The van der Waals surface area contributed by atoms with E-state index in [9.17, 15) is 9.59 Å². The standard InChI is InChI=1S/C38H43ClN6O3/c1-22-17-30(37(47)48-38(4,5)6)23(2)43(22)19-26-20-45(42-41-26)27-16-15-25(18-27)36(46)44-21-31(28-11-7-9-13-32(28)39)34-29-12-8-10-14-33(29)40-35(34)24(44)3/h7-14,17,20,24-25,27,31,40H,15-16,18-19,21H2,1-6H3. The Balaban J connectivity index is 1.08. The minimum Gasteiger partial charge on any atom is -0.456 e. The van der Waals surface area contributed by atoms with Gasteiger partial charge in [0, 0.05) is 51.4 Å². The van der Waals surface area contributed by atoms with Crippen LogP contribution in [0.4, 0.5) is 0 Å². The number of para-hydroxylation sites is 1. The molecule has 4 heterocycles. The number of carbonyl (C=O) groups is 2.